The van der Waals surface area contributed by atoms with Gasteiger partial charge in [0.25, 0.3) is 0 Å². The summed E-state index contributed by atoms with van der Waals surface area (Å²) in [5, 5.41) is 4.21. The molecule has 100 valence electrons. The number of benzene rings is 1. The number of hydrogen-bond donors (Lipinski definition) is 1. The van der Waals surface area contributed by atoms with Crippen LogP contribution in [0.2, 0.25) is 5.02 Å². The van der Waals surface area contributed by atoms with E-state index in [0.717, 1.165) is 29.7 Å². The lowest BCUT2D eigenvalue weighted by Crippen LogP contribution is -2.29. The Bertz CT molecular complexity index is 371. The van der Waals surface area contributed by atoms with E-state index in [2.05, 4.69) is 25.2 Å². The SMILES string of the molecule is CC(C)NCC(OCC1CC1)c1cccc(Cl)c1. The lowest BCUT2D eigenvalue weighted by Gasteiger charge is -2.20. The van der Waals surface area contributed by atoms with Crippen molar-refractivity contribution in [3.63, 3.8) is 0 Å². The van der Waals surface area contributed by atoms with Crippen molar-refractivity contribution in [3.8, 4) is 0 Å². The van der Waals surface area contributed by atoms with E-state index in [1.165, 1.54) is 12.8 Å². The molecule has 0 heterocycles. The van der Waals surface area contributed by atoms with Gasteiger partial charge in [-0.25, -0.2) is 0 Å². The second-order valence-corrected chi connectivity index (χ2v) is 5.82. The van der Waals surface area contributed by atoms with Crippen LogP contribution in [0.4, 0.5) is 0 Å². The van der Waals surface area contributed by atoms with Crippen LogP contribution in [0.25, 0.3) is 0 Å². The van der Waals surface area contributed by atoms with Gasteiger partial charge in [-0.1, -0.05) is 37.6 Å². The van der Waals surface area contributed by atoms with E-state index in [4.69, 9.17) is 16.3 Å². The average Bonchev–Trinajstić information content (AvgIpc) is 3.12. The Morgan fingerprint density at radius 1 is 1.39 bits per heavy atom. The van der Waals surface area contributed by atoms with Gasteiger partial charge in [0.05, 0.1) is 12.7 Å². The van der Waals surface area contributed by atoms with E-state index in [0.29, 0.717) is 6.04 Å². The summed E-state index contributed by atoms with van der Waals surface area (Å²) in [4.78, 5) is 0. The normalized spacial score (nSPS) is 17.1. The molecule has 0 aromatic heterocycles. The zero-order valence-electron chi connectivity index (χ0n) is 11.2. The van der Waals surface area contributed by atoms with E-state index in [-0.39, 0.29) is 6.10 Å². The summed E-state index contributed by atoms with van der Waals surface area (Å²) in [6.45, 7) is 6.01. The molecule has 1 fully saturated rings. The van der Waals surface area contributed by atoms with Gasteiger partial charge in [0.15, 0.2) is 0 Å². The molecule has 0 aliphatic heterocycles. The van der Waals surface area contributed by atoms with Gasteiger partial charge in [-0.2, -0.15) is 0 Å². The molecule has 1 aliphatic carbocycles. The van der Waals surface area contributed by atoms with E-state index in [1.807, 2.05) is 18.2 Å². The quantitative estimate of drug-likeness (QED) is 0.811. The molecule has 1 atom stereocenters. The molecule has 3 heteroatoms. The lowest BCUT2D eigenvalue weighted by atomic mass is 10.1. The van der Waals surface area contributed by atoms with Gasteiger partial charge in [-0.15, -0.1) is 0 Å². The average molecular weight is 268 g/mol. The minimum absolute atomic E-state index is 0.103. The van der Waals surface area contributed by atoms with E-state index in [1.54, 1.807) is 0 Å². The first kappa shape index (κ1) is 13.9. The van der Waals surface area contributed by atoms with Gasteiger partial charge in [-0.3, -0.25) is 0 Å². The van der Waals surface area contributed by atoms with Crippen LogP contribution in [0, 0.1) is 5.92 Å². The number of ether oxygens (including phenoxy) is 1. The third kappa shape index (κ3) is 4.60. The second kappa shape index (κ2) is 6.55. The van der Waals surface area contributed by atoms with Gasteiger partial charge in [-0.05, 0) is 36.5 Å². The number of hydrogen-bond acceptors (Lipinski definition) is 2. The fourth-order valence-corrected chi connectivity index (χ4v) is 2.06. The molecule has 1 unspecified atom stereocenters. The van der Waals surface area contributed by atoms with Crippen molar-refractivity contribution in [2.75, 3.05) is 13.2 Å². The van der Waals surface area contributed by atoms with Crippen molar-refractivity contribution in [2.24, 2.45) is 5.92 Å². The minimum Gasteiger partial charge on any atom is -0.372 e. The molecule has 0 saturated heterocycles. The fraction of sp³-hybridized carbons (Fsp3) is 0.600. The topological polar surface area (TPSA) is 21.3 Å². The Kier molecular flexibility index (Phi) is 5.04. The van der Waals surface area contributed by atoms with E-state index >= 15 is 0 Å². The smallest absolute Gasteiger partial charge is 0.0949 e. The monoisotopic (exact) mass is 267 g/mol. The van der Waals surface area contributed by atoms with Crippen LogP contribution >= 0.6 is 11.6 Å². The standard InChI is InChI=1S/C15H22ClNO/c1-11(2)17-9-15(18-10-12-6-7-12)13-4-3-5-14(16)8-13/h3-5,8,11-12,15,17H,6-7,9-10H2,1-2H3. The van der Waals surface area contributed by atoms with E-state index < -0.39 is 0 Å². The largest absolute Gasteiger partial charge is 0.372 e. The van der Waals surface area contributed by atoms with E-state index in [9.17, 15) is 0 Å². The molecule has 2 nitrogen and oxygen atoms in total. The van der Waals surface area contributed by atoms with Gasteiger partial charge in [0, 0.05) is 17.6 Å². The summed E-state index contributed by atoms with van der Waals surface area (Å²) in [6, 6.07) is 8.45. The fourth-order valence-electron chi connectivity index (χ4n) is 1.86. The minimum atomic E-state index is 0.103. The lowest BCUT2D eigenvalue weighted by molar-refractivity contribution is 0.0440. The third-order valence-electron chi connectivity index (χ3n) is 3.16. The molecule has 2 rings (SSSR count). The molecule has 0 spiro atoms. The van der Waals surface area contributed by atoms with Crippen molar-refractivity contribution in [1.29, 1.82) is 0 Å². The summed E-state index contributed by atoms with van der Waals surface area (Å²) >= 11 is 6.05. The molecule has 0 bridgehead atoms. The van der Waals surface area contributed by atoms with Crippen LogP contribution in [0.3, 0.4) is 0 Å². The Balaban J connectivity index is 1.96. The summed E-state index contributed by atoms with van der Waals surface area (Å²) < 4.78 is 6.04. The number of nitrogens with one attached hydrogen (secondary N) is 1. The molecule has 18 heavy (non-hydrogen) atoms. The molecule has 1 saturated carbocycles. The summed E-state index contributed by atoms with van der Waals surface area (Å²) in [7, 11) is 0. The van der Waals surface area contributed by atoms with Crippen LogP contribution in [0.15, 0.2) is 24.3 Å². The van der Waals surface area contributed by atoms with Crippen molar-refractivity contribution in [2.45, 2.75) is 38.8 Å². The molecule has 0 amide bonds. The highest BCUT2D eigenvalue weighted by molar-refractivity contribution is 6.30. The van der Waals surface area contributed by atoms with Crippen LogP contribution in [-0.2, 0) is 4.74 Å². The van der Waals surface area contributed by atoms with Crippen molar-refractivity contribution in [1.82, 2.24) is 5.32 Å². The predicted octanol–water partition coefficient (Wildman–Crippen LogP) is 3.81. The molecular formula is C15H22ClNO. The van der Waals surface area contributed by atoms with Crippen molar-refractivity contribution >= 4 is 11.6 Å². The summed E-state index contributed by atoms with van der Waals surface area (Å²) in [5.41, 5.74) is 1.16. The highest BCUT2D eigenvalue weighted by atomic mass is 35.5. The zero-order valence-corrected chi connectivity index (χ0v) is 11.9. The summed E-state index contributed by atoms with van der Waals surface area (Å²) in [6.07, 6.45) is 2.74. The van der Waals surface area contributed by atoms with Crippen molar-refractivity contribution in [3.05, 3.63) is 34.9 Å². The molecule has 0 radical (unpaired) electrons. The molecule has 1 aliphatic rings. The maximum atomic E-state index is 6.05. The zero-order chi connectivity index (χ0) is 13.0. The highest BCUT2D eigenvalue weighted by Gasteiger charge is 2.23. The molecular weight excluding hydrogens is 246 g/mol. The van der Waals surface area contributed by atoms with Gasteiger partial charge in [0.2, 0.25) is 0 Å². The van der Waals surface area contributed by atoms with Crippen molar-refractivity contribution < 1.29 is 4.74 Å². The third-order valence-corrected chi connectivity index (χ3v) is 3.40. The van der Waals surface area contributed by atoms with Gasteiger partial charge in [0.1, 0.15) is 0 Å². The van der Waals surface area contributed by atoms with Crippen LogP contribution < -0.4 is 5.32 Å². The number of rotatable bonds is 7. The summed E-state index contributed by atoms with van der Waals surface area (Å²) in [5.74, 6) is 0.783. The number of halogens is 1. The predicted molar refractivity (Wildman–Crippen MR) is 76.0 cm³/mol. The highest BCUT2D eigenvalue weighted by Crippen LogP contribution is 2.31. The van der Waals surface area contributed by atoms with Crippen LogP contribution in [0.1, 0.15) is 38.4 Å². The molecule has 1 aromatic rings. The Hall–Kier alpha value is -0.570. The Labute approximate surface area is 115 Å². The maximum absolute atomic E-state index is 6.05. The first-order valence-electron chi connectivity index (χ1n) is 6.75. The second-order valence-electron chi connectivity index (χ2n) is 5.38. The van der Waals surface area contributed by atoms with Crippen LogP contribution in [0.5, 0.6) is 0 Å². The Morgan fingerprint density at radius 3 is 2.78 bits per heavy atom. The van der Waals surface area contributed by atoms with Gasteiger partial charge >= 0.3 is 0 Å². The first-order chi connectivity index (χ1) is 8.65. The first-order valence-corrected chi connectivity index (χ1v) is 7.13. The van der Waals surface area contributed by atoms with Gasteiger partial charge < -0.3 is 10.1 Å². The maximum Gasteiger partial charge on any atom is 0.0949 e. The molecule has 1 aromatic carbocycles. The Morgan fingerprint density at radius 2 is 2.17 bits per heavy atom. The van der Waals surface area contributed by atoms with Crippen LogP contribution in [-0.4, -0.2) is 19.2 Å². The molecule has 1 N–H and O–H groups in total.